The van der Waals surface area contributed by atoms with E-state index in [2.05, 4.69) is 31.0 Å². The van der Waals surface area contributed by atoms with E-state index >= 15 is 0 Å². The van der Waals surface area contributed by atoms with Gasteiger partial charge in [-0.05, 0) is 64.3 Å². The number of rotatable bonds is 5. The van der Waals surface area contributed by atoms with Gasteiger partial charge in [0.25, 0.3) is 0 Å². The number of halogens is 1. The van der Waals surface area contributed by atoms with Crippen molar-refractivity contribution in [3.63, 3.8) is 0 Å². The second kappa shape index (κ2) is 8.44. The van der Waals surface area contributed by atoms with Gasteiger partial charge in [0.15, 0.2) is 11.0 Å². The molecule has 0 spiro atoms. The SMILES string of the molecule is CCn1c(SCC(=O)N2[C@H](C)CCC[C@H]2C)nnc1-c1ccc(Cl)cc1. The first-order chi connectivity index (χ1) is 12.5. The molecule has 1 saturated heterocycles. The predicted octanol–water partition coefficient (Wildman–Crippen LogP) is 4.50. The quantitative estimate of drug-likeness (QED) is 0.703. The largest absolute Gasteiger partial charge is 0.337 e. The van der Waals surface area contributed by atoms with Crippen molar-refractivity contribution in [3.8, 4) is 11.4 Å². The highest BCUT2D eigenvalue weighted by Crippen LogP contribution is 2.27. The Morgan fingerprint density at radius 3 is 2.46 bits per heavy atom. The molecule has 0 aliphatic carbocycles. The predicted molar refractivity (Wildman–Crippen MR) is 106 cm³/mol. The van der Waals surface area contributed by atoms with Gasteiger partial charge in [0.1, 0.15) is 0 Å². The van der Waals surface area contributed by atoms with Crippen LogP contribution in [-0.2, 0) is 11.3 Å². The fourth-order valence-electron chi connectivity index (χ4n) is 3.61. The molecule has 0 saturated carbocycles. The first-order valence-corrected chi connectivity index (χ1v) is 10.5. The molecule has 1 aromatic carbocycles. The van der Waals surface area contributed by atoms with Gasteiger partial charge < -0.3 is 9.47 Å². The van der Waals surface area contributed by atoms with Crippen LogP contribution in [0.25, 0.3) is 11.4 Å². The van der Waals surface area contributed by atoms with Gasteiger partial charge in [-0.25, -0.2) is 0 Å². The third-order valence-corrected chi connectivity index (χ3v) is 6.15. The van der Waals surface area contributed by atoms with Gasteiger partial charge >= 0.3 is 0 Å². The number of carbonyl (C=O) groups is 1. The highest BCUT2D eigenvalue weighted by Gasteiger charge is 2.29. The molecule has 3 rings (SSSR count). The molecule has 2 heterocycles. The Hall–Kier alpha value is -1.53. The van der Waals surface area contributed by atoms with Crippen LogP contribution in [0.2, 0.25) is 5.02 Å². The van der Waals surface area contributed by atoms with E-state index in [9.17, 15) is 4.79 Å². The van der Waals surface area contributed by atoms with Gasteiger partial charge in [0.05, 0.1) is 5.75 Å². The van der Waals surface area contributed by atoms with Crippen molar-refractivity contribution in [3.05, 3.63) is 29.3 Å². The van der Waals surface area contributed by atoms with E-state index in [1.165, 1.54) is 18.2 Å². The van der Waals surface area contributed by atoms with Crippen molar-refractivity contribution in [1.29, 1.82) is 0 Å². The molecule has 7 heteroatoms. The summed E-state index contributed by atoms with van der Waals surface area (Å²) in [5.41, 5.74) is 0.972. The van der Waals surface area contributed by atoms with Crippen LogP contribution >= 0.6 is 23.4 Å². The Balaban J connectivity index is 1.72. The molecular formula is C19H25ClN4OS. The molecule has 2 atom stereocenters. The van der Waals surface area contributed by atoms with E-state index in [1.807, 2.05) is 33.7 Å². The zero-order valence-corrected chi connectivity index (χ0v) is 17.1. The van der Waals surface area contributed by atoms with Crippen LogP contribution in [-0.4, -0.2) is 43.4 Å². The number of aromatic nitrogens is 3. The summed E-state index contributed by atoms with van der Waals surface area (Å²) in [6.07, 6.45) is 3.38. The Morgan fingerprint density at radius 1 is 1.19 bits per heavy atom. The number of carbonyl (C=O) groups excluding carboxylic acids is 1. The minimum atomic E-state index is 0.188. The lowest BCUT2D eigenvalue weighted by molar-refractivity contribution is -0.134. The third-order valence-electron chi connectivity index (χ3n) is 4.94. The summed E-state index contributed by atoms with van der Waals surface area (Å²) in [6.45, 7) is 7.10. The summed E-state index contributed by atoms with van der Waals surface area (Å²) >= 11 is 7.44. The van der Waals surface area contributed by atoms with Crippen molar-refractivity contribution >= 4 is 29.3 Å². The number of piperidine rings is 1. The van der Waals surface area contributed by atoms with Crippen molar-refractivity contribution in [1.82, 2.24) is 19.7 Å². The van der Waals surface area contributed by atoms with Crippen LogP contribution in [0.3, 0.4) is 0 Å². The van der Waals surface area contributed by atoms with Gasteiger partial charge in [0.2, 0.25) is 5.91 Å². The molecule has 0 N–H and O–H groups in total. The number of thioether (sulfide) groups is 1. The standard InChI is InChI=1S/C19H25ClN4OS/c1-4-23-18(15-8-10-16(20)11-9-15)21-22-19(23)26-12-17(25)24-13(2)6-5-7-14(24)3/h8-11,13-14H,4-7,12H2,1-3H3/t13-,14-/m1/s1. The lowest BCUT2D eigenvalue weighted by Crippen LogP contribution is -2.48. The maximum atomic E-state index is 12.7. The van der Waals surface area contributed by atoms with Crippen molar-refractivity contribution < 1.29 is 4.79 Å². The molecule has 1 aromatic heterocycles. The number of amides is 1. The fourth-order valence-corrected chi connectivity index (χ4v) is 4.60. The smallest absolute Gasteiger partial charge is 0.233 e. The number of hydrogen-bond acceptors (Lipinski definition) is 4. The molecule has 140 valence electrons. The van der Waals surface area contributed by atoms with Gasteiger partial charge in [-0.15, -0.1) is 10.2 Å². The van der Waals surface area contributed by atoms with Crippen LogP contribution in [0, 0.1) is 0 Å². The highest BCUT2D eigenvalue weighted by molar-refractivity contribution is 7.99. The molecule has 0 radical (unpaired) electrons. The van der Waals surface area contributed by atoms with E-state index in [-0.39, 0.29) is 5.91 Å². The summed E-state index contributed by atoms with van der Waals surface area (Å²) in [4.78, 5) is 14.8. The molecule has 0 bridgehead atoms. The maximum Gasteiger partial charge on any atom is 0.233 e. The second-order valence-electron chi connectivity index (χ2n) is 6.78. The first kappa shape index (κ1) is 19.2. The minimum absolute atomic E-state index is 0.188. The van der Waals surface area contributed by atoms with Crippen LogP contribution in [0.1, 0.15) is 40.0 Å². The number of likely N-dealkylation sites (tertiary alicyclic amines) is 1. The van der Waals surface area contributed by atoms with Gasteiger partial charge in [-0.1, -0.05) is 23.4 Å². The molecule has 1 aliphatic heterocycles. The normalized spacial score (nSPS) is 20.4. The van der Waals surface area contributed by atoms with E-state index in [4.69, 9.17) is 11.6 Å². The molecule has 1 fully saturated rings. The van der Waals surface area contributed by atoms with Gasteiger partial charge in [0, 0.05) is 29.2 Å². The van der Waals surface area contributed by atoms with E-state index in [0.29, 0.717) is 22.9 Å². The first-order valence-electron chi connectivity index (χ1n) is 9.14. The Kier molecular flexibility index (Phi) is 6.24. The maximum absolute atomic E-state index is 12.7. The molecule has 1 amide bonds. The van der Waals surface area contributed by atoms with Gasteiger partial charge in [-0.3, -0.25) is 4.79 Å². The number of hydrogen-bond donors (Lipinski definition) is 0. The number of benzene rings is 1. The molecule has 5 nitrogen and oxygen atoms in total. The van der Waals surface area contributed by atoms with E-state index in [0.717, 1.165) is 35.9 Å². The molecule has 2 aromatic rings. The Bertz CT molecular complexity index is 751. The van der Waals surface area contributed by atoms with Crippen LogP contribution in [0.15, 0.2) is 29.4 Å². The summed E-state index contributed by atoms with van der Waals surface area (Å²) in [5, 5.41) is 10.1. The van der Waals surface area contributed by atoms with Gasteiger partial charge in [-0.2, -0.15) is 0 Å². The average molecular weight is 393 g/mol. The van der Waals surface area contributed by atoms with Crippen molar-refractivity contribution in [2.75, 3.05) is 5.75 Å². The monoisotopic (exact) mass is 392 g/mol. The van der Waals surface area contributed by atoms with Crippen LogP contribution in [0.4, 0.5) is 0 Å². The Labute approximate surface area is 164 Å². The van der Waals surface area contributed by atoms with E-state index < -0.39 is 0 Å². The summed E-state index contributed by atoms with van der Waals surface area (Å²) in [6, 6.07) is 8.22. The lowest BCUT2D eigenvalue weighted by Gasteiger charge is -2.39. The van der Waals surface area contributed by atoms with Crippen molar-refractivity contribution in [2.24, 2.45) is 0 Å². The molecule has 1 aliphatic rings. The minimum Gasteiger partial charge on any atom is -0.337 e. The summed E-state index contributed by atoms with van der Waals surface area (Å²) < 4.78 is 2.05. The number of nitrogens with zero attached hydrogens (tertiary/aromatic N) is 4. The fraction of sp³-hybridized carbons (Fsp3) is 0.526. The highest BCUT2D eigenvalue weighted by atomic mass is 35.5. The topological polar surface area (TPSA) is 51.0 Å². The molecule has 26 heavy (non-hydrogen) atoms. The zero-order valence-electron chi connectivity index (χ0n) is 15.5. The zero-order chi connectivity index (χ0) is 18.7. The summed E-state index contributed by atoms with van der Waals surface area (Å²) in [5.74, 6) is 1.39. The second-order valence-corrected chi connectivity index (χ2v) is 8.15. The molecular weight excluding hydrogens is 368 g/mol. The third kappa shape index (κ3) is 4.07. The van der Waals surface area contributed by atoms with Crippen molar-refractivity contribution in [2.45, 2.75) is 63.8 Å². The molecule has 0 unspecified atom stereocenters. The average Bonchev–Trinajstić information content (AvgIpc) is 3.03. The van der Waals surface area contributed by atoms with Crippen LogP contribution in [0.5, 0.6) is 0 Å². The summed E-state index contributed by atoms with van der Waals surface area (Å²) in [7, 11) is 0. The van der Waals surface area contributed by atoms with E-state index in [1.54, 1.807) is 0 Å². The van der Waals surface area contributed by atoms with Crippen LogP contribution < -0.4 is 0 Å². The Morgan fingerprint density at radius 2 is 1.85 bits per heavy atom. The lowest BCUT2D eigenvalue weighted by atomic mass is 9.98.